The molecule has 2 aliphatic heterocycles. The molecular formula is C22H23N6O7S2+. The van der Waals surface area contributed by atoms with Crippen molar-refractivity contribution in [2.75, 3.05) is 11.5 Å². The van der Waals surface area contributed by atoms with Crippen molar-refractivity contribution in [3.05, 3.63) is 52.9 Å². The maximum Gasteiger partial charge on any atom is 0.352 e. The van der Waals surface area contributed by atoms with E-state index in [1.807, 2.05) is 22.8 Å². The number of carboxylic acids is 2. The van der Waals surface area contributed by atoms with Crippen LogP contribution in [0.1, 0.15) is 19.5 Å². The number of β-lactam (4-membered cyclic amide) rings is 1. The third-order valence-electron chi connectivity index (χ3n) is 5.55. The molecule has 0 bridgehead atoms. The molecule has 2 amide bonds. The zero-order chi connectivity index (χ0) is 26.9. The summed E-state index contributed by atoms with van der Waals surface area (Å²) in [5.41, 5.74) is 4.04. The second-order valence-corrected chi connectivity index (χ2v) is 10.6. The van der Waals surface area contributed by atoms with E-state index in [1.54, 1.807) is 12.4 Å². The van der Waals surface area contributed by atoms with Gasteiger partial charge in [-0.05, 0) is 13.8 Å². The Labute approximate surface area is 218 Å². The van der Waals surface area contributed by atoms with Gasteiger partial charge in [0, 0.05) is 28.8 Å². The fourth-order valence-electron chi connectivity index (χ4n) is 3.57. The number of carbonyl (C=O) groups is 4. The van der Waals surface area contributed by atoms with Crippen LogP contribution in [0.5, 0.6) is 0 Å². The Balaban J connectivity index is 1.55. The minimum Gasteiger partial charge on any atom is -0.478 e. The van der Waals surface area contributed by atoms with Gasteiger partial charge in [-0.2, -0.15) is 0 Å². The predicted octanol–water partition coefficient (Wildman–Crippen LogP) is 0.0355. The highest BCUT2D eigenvalue weighted by Crippen LogP contribution is 2.40. The molecule has 2 aromatic heterocycles. The maximum atomic E-state index is 13.1. The van der Waals surface area contributed by atoms with E-state index in [0.717, 1.165) is 11.3 Å². The van der Waals surface area contributed by atoms with Crippen LogP contribution < -0.4 is 15.6 Å². The van der Waals surface area contributed by atoms with Crippen LogP contribution in [0.2, 0.25) is 0 Å². The fourth-order valence-corrected chi connectivity index (χ4v) is 5.46. The summed E-state index contributed by atoms with van der Waals surface area (Å²) in [4.78, 5) is 59.9. The molecule has 0 aliphatic carbocycles. The summed E-state index contributed by atoms with van der Waals surface area (Å²) in [7, 11) is 0. The lowest BCUT2D eigenvalue weighted by molar-refractivity contribution is -0.689. The molecule has 194 valence electrons. The number of aliphatic carboxylic acids is 2. The normalized spacial score (nSPS) is 19.7. The van der Waals surface area contributed by atoms with Crippen LogP contribution in [0.4, 0.5) is 5.13 Å². The minimum atomic E-state index is -1.75. The first kappa shape index (κ1) is 26.1. The van der Waals surface area contributed by atoms with Gasteiger partial charge in [0.2, 0.25) is 5.60 Å². The molecule has 15 heteroatoms. The van der Waals surface area contributed by atoms with Crippen molar-refractivity contribution in [1.29, 1.82) is 0 Å². The first-order valence-electron chi connectivity index (χ1n) is 10.9. The van der Waals surface area contributed by atoms with Crippen LogP contribution in [0.3, 0.4) is 0 Å². The lowest BCUT2D eigenvalue weighted by atomic mass is 10.0. The molecule has 1 fully saturated rings. The Morgan fingerprint density at radius 3 is 2.59 bits per heavy atom. The highest BCUT2D eigenvalue weighted by Gasteiger charge is 2.54. The Morgan fingerprint density at radius 1 is 1.30 bits per heavy atom. The predicted molar refractivity (Wildman–Crippen MR) is 132 cm³/mol. The van der Waals surface area contributed by atoms with E-state index < -0.39 is 40.8 Å². The molecule has 0 spiro atoms. The molecule has 5 N–H and O–H groups in total. The smallest absolute Gasteiger partial charge is 0.352 e. The largest absolute Gasteiger partial charge is 0.478 e. The zero-order valence-electron chi connectivity index (χ0n) is 19.7. The Kier molecular flexibility index (Phi) is 7.18. The number of anilines is 1. The standard InChI is InChI=1S/C22H22N6O7S2/c1-22(2,20(33)34)35-26-13(12-10-37-21(23)24-12)16(29)25-14-17(30)28-15(19(31)32)11(9-36-18(14)28)8-27-6-4-3-5-7-27/h3-7,10,14,18H,8-9H2,1-2H3,(H4-,23,24,25,29,31,32,33,34)/p+1/b26-13+/t14-,18?/m1/s1. The molecule has 37 heavy (non-hydrogen) atoms. The van der Waals surface area contributed by atoms with Crippen molar-refractivity contribution in [2.24, 2.45) is 5.16 Å². The molecule has 2 atom stereocenters. The number of nitrogens with zero attached hydrogens (tertiary/aromatic N) is 4. The van der Waals surface area contributed by atoms with Gasteiger partial charge in [0.15, 0.2) is 29.8 Å². The van der Waals surface area contributed by atoms with Gasteiger partial charge in [-0.15, -0.1) is 23.1 Å². The fraction of sp³-hybridized carbons (Fsp3) is 0.318. The molecule has 2 aliphatic rings. The first-order valence-corrected chi connectivity index (χ1v) is 12.8. The van der Waals surface area contributed by atoms with E-state index in [2.05, 4.69) is 15.5 Å². The van der Waals surface area contributed by atoms with Gasteiger partial charge in [-0.1, -0.05) is 11.2 Å². The number of hydrogen-bond acceptors (Lipinski definition) is 10. The van der Waals surface area contributed by atoms with Gasteiger partial charge in [0.05, 0.1) is 0 Å². The van der Waals surface area contributed by atoms with Crippen LogP contribution in [0, 0.1) is 0 Å². The number of oxime groups is 1. The van der Waals surface area contributed by atoms with Gasteiger partial charge >= 0.3 is 11.9 Å². The molecule has 0 radical (unpaired) electrons. The molecule has 4 rings (SSSR count). The van der Waals surface area contributed by atoms with Gasteiger partial charge in [0.1, 0.15) is 22.8 Å². The molecule has 0 saturated carbocycles. The summed E-state index contributed by atoms with van der Waals surface area (Å²) in [6.07, 6.45) is 3.59. The third kappa shape index (κ3) is 5.27. The summed E-state index contributed by atoms with van der Waals surface area (Å²) in [5, 5.41) is 26.3. The molecule has 2 aromatic rings. The molecule has 1 unspecified atom stereocenters. The number of fused-ring (bicyclic) bond motifs is 1. The van der Waals surface area contributed by atoms with E-state index >= 15 is 0 Å². The number of aromatic nitrogens is 2. The topological polar surface area (TPSA) is 188 Å². The summed E-state index contributed by atoms with van der Waals surface area (Å²) in [6, 6.07) is 4.44. The number of nitrogen functional groups attached to an aromatic ring is 1. The quantitative estimate of drug-likeness (QED) is 0.144. The number of nitrogens with two attached hydrogens (primary N) is 1. The van der Waals surface area contributed by atoms with Gasteiger partial charge in [-0.3, -0.25) is 14.5 Å². The molecule has 13 nitrogen and oxygen atoms in total. The number of nitrogens with one attached hydrogen (secondary N) is 1. The lowest BCUT2D eigenvalue weighted by Crippen LogP contribution is -2.71. The van der Waals surface area contributed by atoms with Gasteiger partial charge in [-0.25, -0.2) is 19.1 Å². The van der Waals surface area contributed by atoms with Crippen molar-refractivity contribution in [1.82, 2.24) is 15.2 Å². The summed E-state index contributed by atoms with van der Waals surface area (Å²) >= 11 is 2.35. The monoisotopic (exact) mass is 547 g/mol. The number of amides is 2. The van der Waals surface area contributed by atoms with E-state index in [1.165, 1.54) is 35.9 Å². The summed E-state index contributed by atoms with van der Waals surface area (Å²) < 4.78 is 1.81. The second kappa shape index (κ2) is 10.2. The average Bonchev–Trinajstić information content (AvgIpc) is 3.28. The number of carboxylic acid groups (broad SMARTS) is 2. The van der Waals surface area contributed by atoms with Crippen molar-refractivity contribution < 1.29 is 38.8 Å². The number of rotatable bonds is 9. The van der Waals surface area contributed by atoms with E-state index in [4.69, 9.17) is 10.6 Å². The molecular weight excluding hydrogens is 524 g/mol. The van der Waals surface area contributed by atoms with Crippen LogP contribution in [-0.4, -0.2) is 72.3 Å². The Bertz CT molecular complexity index is 1320. The molecule has 0 aromatic carbocycles. The Morgan fingerprint density at radius 2 is 2.00 bits per heavy atom. The lowest BCUT2D eigenvalue weighted by Gasteiger charge is -2.49. The first-order chi connectivity index (χ1) is 17.5. The third-order valence-corrected chi connectivity index (χ3v) is 7.56. The van der Waals surface area contributed by atoms with Crippen LogP contribution in [0.25, 0.3) is 0 Å². The highest BCUT2D eigenvalue weighted by molar-refractivity contribution is 8.00. The maximum absolute atomic E-state index is 13.1. The average molecular weight is 548 g/mol. The van der Waals surface area contributed by atoms with E-state index in [9.17, 15) is 29.4 Å². The van der Waals surface area contributed by atoms with Crippen LogP contribution in [-0.2, 0) is 30.6 Å². The minimum absolute atomic E-state index is 0.0365. The van der Waals surface area contributed by atoms with Crippen LogP contribution >= 0.6 is 23.1 Å². The Hall–Kier alpha value is -3.98. The molecule has 1 saturated heterocycles. The molecule has 4 heterocycles. The summed E-state index contributed by atoms with van der Waals surface area (Å²) in [6.45, 7) is 2.80. The number of thiazole rings is 1. The van der Waals surface area contributed by atoms with Crippen molar-refractivity contribution >= 4 is 57.7 Å². The van der Waals surface area contributed by atoms with Crippen molar-refractivity contribution in [3.8, 4) is 0 Å². The van der Waals surface area contributed by atoms with Crippen LogP contribution in [0.15, 0.2) is 52.4 Å². The summed E-state index contributed by atoms with van der Waals surface area (Å²) in [5.74, 6) is -3.66. The van der Waals surface area contributed by atoms with E-state index in [-0.39, 0.29) is 22.2 Å². The van der Waals surface area contributed by atoms with Gasteiger partial charge < -0.3 is 26.1 Å². The van der Waals surface area contributed by atoms with Crippen molar-refractivity contribution in [3.63, 3.8) is 0 Å². The number of pyridine rings is 1. The van der Waals surface area contributed by atoms with E-state index in [0.29, 0.717) is 17.9 Å². The number of hydrogen-bond donors (Lipinski definition) is 4. The number of thioether (sulfide) groups is 1. The number of carbonyl (C=O) groups excluding carboxylic acids is 2. The highest BCUT2D eigenvalue weighted by atomic mass is 32.2. The SMILES string of the molecule is CC(C)(O/N=C(/C(=O)N[C@@H]1C(=O)N2C(C(=O)O)=C(C[n+]3ccccc3)CSC12)c1csc(N)n1)C(=O)O. The zero-order valence-corrected chi connectivity index (χ0v) is 21.3. The van der Waals surface area contributed by atoms with Gasteiger partial charge in [0.25, 0.3) is 11.8 Å². The van der Waals surface area contributed by atoms with Crippen molar-refractivity contribution in [2.45, 2.75) is 37.4 Å². The second-order valence-electron chi connectivity index (χ2n) is 8.58.